The standard InChI is InChI=1S/C41H27N5/c1-5-15-28(16-6-1)37-43-38(29-17-7-2-8-18-29)45-39(44-37)30-25-26-35-33(27-30)41(31-19-9-3-10-20-31,32-21-11-4-12-22-32)40-42-34-23-13-14-24-36(34)46(35)40/h1-27H. The van der Waals surface area contributed by atoms with Gasteiger partial charge in [0.15, 0.2) is 17.5 Å². The summed E-state index contributed by atoms with van der Waals surface area (Å²) in [4.78, 5) is 20.4. The van der Waals surface area contributed by atoms with E-state index in [4.69, 9.17) is 19.9 Å². The van der Waals surface area contributed by atoms with Crippen molar-refractivity contribution in [1.82, 2.24) is 24.5 Å². The highest BCUT2D eigenvalue weighted by Gasteiger charge is 2.49. The normalized spacial score (nSPS) is 13.0. The van der Waals surface area contributed by atoms with E-state index < -0.39 is 5.41 Å². The number of rotatable bonds is 5. The number of para-hydroxylation sites is 2. The van der Waals surface area contributed by atoms with Gasteiger partial charge in [0.25, 0.3) is 0 Å². The summed E-state index contributed by atoms with van der Waals surface area (Å²) >= 11 is 0. The van der Waals surface area contributed by atoms with E-state index in [0.29, 0.717) is 17.5 Å². The Morgan fingerprint density at radius 1 is 0.413 bits per heavy atom. The molecule has 3 heterocycles. The highest BCUT2D eigenvalue weighted by molar-refractivity contribution is 5.85. The molecule has 0 bridgehead atoms. The fraction of sp³-hybridized carbons (Fsp3) is 0.0244. The lowest BCUT2D eigenvalue weighted by atomic mass is 9.69. The molecule has 0 unspecified atom stereocenters. The van der Waals surface area contributed by atoms with Gasteiger partial charge in [0, 0.05) is 16.7 Å². The van der Waals surface area contributed by atoms with E-state index in [2.05, 4.69) is 108 Å². The third-order valence-corrected chi connectivity index (χ3v) is 8.91. The summed E-state index contributed by atoms with van der Waals surface area (Å²) in [6.45, 7) is 0. The van der Waals surface area contributed by atoms with Crippen LogP contribution in [0.25, 0.3) is 50.9 Å². The maximum Gasteiger partial charge on any atom is 0.164 e. The smallest absolute Gasteiger partial charge is 0.164 e. The molecule has 6 aromatic carbocycles. The average molecular weight is 590 g/mol. The molecule has 0 saturated carbocycles. The molecule has 0 atom stereocenters. The SMILES string of the molecule is c1ccc(-c2nc(-c3ccccc3)nc(-c3ccc4c(c3)C(c3ccccc3)(c3ccccc3)c3nc5ccccc5n3-4)n2)cc1. The number of nitrogens with zero attached hydrogens (tertiary/aromatic N) is 5. The molecule has 0 spiro atoms. The van der Waals surface area contributed by atoms with Crippen molar-refractivity contribution in [3.05, 3.63) is 186 Å². The fourth-order valence-corrected chi connectivity index (χ4v) is 6.86. The predicted molar refractivity (Wildman–Crippen MR) is 183 cm³/mol. The highest BCUT2D eigenvalue weighted by Crippen LogP contribution is 2.53. The first kappa shape index (κ1) is 26.2. The number of imidazole rings is 1. The molecule has 0 radical (unpaired) electrons. The summed E-state index contributed by atoms with van der Waals surface area (Å²) in [5, 5.41) is 0. The molecule has 8 aromatic rings. The Balaban J connectivity index is 1.35. The van der Waals surface area contributed by atoms with E-state index in [0.717, 1.165) is 55.9 Å². The summed E-state index contributed by atoms with van der Waals surface area (Å²) in [6.07, 6.45) is 0. The zero-order valence-electron chi connectivity index (χ0n) is 24.8. The third-order valence-electron chi connectivity index (χ3n) is 8.91. The monoisotopic (exact) mass is 589 g/mol. The van der Waals surface area contributed by atoms with Crippen LogP contribution >= 0.6 is 0 Å². The zero-order chi connectivity index (χ0) is 30.5. The Hall–Kier alpha value is -6.20. The zero-order valence-corrected chi connectivity index (χ0v) is 24.8. The van der Waals surface area contributed by atoms with Crippen LogP contribution in [0.1, 0.15) is 22.5 Å². The lowest BCUT2D eigenvalue weighted by molar-refractivity contribution is 0.718. The topological polar surface area (TPSA) is 56.5 Å². The number of aromatic nitrogens is 5. The van der Waals surface area contributed by atoms with Crippen LogP contribution in [0.5, 0.6) is 0 Å². The van der Waals surface area contributed by atoms with Crippen molar-refractivity contribution < 1.29 is 0 Å². The van der Waals surface area contributed by atoms with E-state index in [1.807, 2.05) is 60.7 Å². The second kappa shape index (κ2) is 10.5. The summed E-state index contributed by atoms with van der Waals surface area (Å²) in [5.41, 5.74) is 8.74. The van der Waals surface area contributed by atoms with Crippen molar-refractivity contribution in [3.8, 4) is 39.9 Å². The Morgan fingerprint density at radius 3 is 1.46 bits per heavy atom. The predicted octanol–water partition coefficient (Wildman–Crippen LogP) is 8.91. The summed E-state index contributed by atoms with van der Waals surface area (Å²) in [5.74, 6) is 2.88. The first-order valence-corrected chi connectivity index (χ1v) is 15.4. The first-order chi connectivity index (χ1) is 22.8. The maximum absolute atomic E-state index is 5.35. The van der Waals surface area contributed by atoms with Gasteiger partial charge in [-0.2, -0.15) is 0 Å². The Bertz CT molecular complexity index is 2250. The van der Waals surface area contributed by atoms with Gasteiger partial charge in [-0.05, 0) is 47.0 Å². The van der Waals surface area contributed by atoms with Crippen molar-refractivity contribution in [1.29, 1.82) is 0 Å². The van der Waals surface area contributed by atoms with Crippen LogP contribution in [0.4, 0.5) is 0 Å². The number of benzene rings is 6. The maximum atomic E-state index is 5.35. The molecule has 9 rings (SSSR count). The van der Waals surface area contributed by atoms with Gasteiger partial charge in [-0.3, -0.25) is 4.57 Å². The number of fused-ring (bicyclic) bond motifs is 5. The Labute approximate surface area is 266 Å². The molecule has 1 aliphatic rings. The molecule has 216 valence electrons. The fourth-order valence-electron chi connectivity index (χ4n) is 6.86. The van der Waals surface area contributed by atoms with E-state index in [9.17, 15) is 0 Å². The Kier molecular flexibility index (Phi) is 5.96. The summed E-state index contributed by atoms with van der Waals surface area (Å²) in [6, 6.07) is 56.6. The van der Waals surface area contributed by atoms with Crippen molar-refractivity contribution >= 4 is 11.0 Å². The van der Waals surface area contributed by atoms with Gasteiger partial charge in [0.05, 0.1) is 16.7 Å². The van der Waals surface area contributed by atoms with Crippen LogP contribution in [0, 0.1) is 0 Å². The van der Waals surface area contributed by atoms with Crippen LogP contribution in [-0.2, 0) is 5.41 Å². The van der Waals surface area contributed by atoms with E-state index in [1.165, 1.54) is 0 Å². The average Bonchev–Trinajstić information content (AvgIpc) is 3.66. The molecule has 0 amide bonds. The molecular formula is C41H27N5. The molecule has 46 heavy (non-hydrogen) atoms. The molecule has 5 heteroatoms. The van der Waals surface area contributed by atoms with E-state index in [1.54, 1.807) is 0 Å². The van der Waals surface area contributed by atoms with Gasteiger partial charge in [0.2, 0.25) is 0 Å². The summed E-state index contributed by atoms with van der Waals surface area (Å²) < 4.78 is 2.33. The second-order valence-corrected chi connectivity index (χ2v) is 11.5. The number of hydrogen-bond donors (Lipinski definition) is 0. The van der Waals surface area contributed by atoms with Crippen molar-refractivity contribution in [3.63, 3.8) is 0 Å². The van der Waals surface area contributed by atoms with Crippen LogP contribution < -0.4 is 0 Å². The summed E-state index contributed by atoms with van der Waals surface area (Å²) in [7, 11) is 0. The largest absolute Gasteiger partial charge is 0.295 e. The molecule has 0 aliphatic carbocycles. The molecular weight excluding hydrogens is 562 g/mol. The lowest BCUT2D eigenvalue weighted by Gasteiger charge is -2.31. The minimum Gasteiger partial charge on any atom is -0.295 e. The van der Waals surface area contributed by atoms with Gasteiger partial charge in [-0.15, -0.1) is 0 Å². The number of hydrogen-bond acceptors (Lipinski definition) is 4. The molecule has 0 fully saturated rings. The first-order valence-electron chi connectivity index (χ1n) is 15.4. The van der Waals surface area contributed by atoms with Crippen LogP contribution in [0.3, 0.4) is 0 Å². The molecule has 5 nitrogen and oxygen atoms in total. The van der Waals surface area contributed by atoms with Gasteiger partial charge in [0.1, 0.15) is 11.2 Å². The third kappa shape index (κ3) is 3.95. The van der Waals surface area contributed by atoms with Gasteiger partial charge < -0.3 is 0 Å². The van der Waals surface area contributed by atoms with Crippen molar-refractivity contribution in [2.45, 2.75) is 5.41 Å². The molecule has 1 aliphatic heterocycles. The van der Waals surface area contributed by atoms with Gasteiger partial charge in [-0.25, -0.2) is 19.9 Å². The van der Waals surface area contributed by atoms with Crippen LogP contribution in [-0.4, -0.2) is 24.5 Å². The molecule has 0 N–H and O–H groups in total. The van der Waals surface area contributed by atoms with Crippen LogP contribution in [0.15, 0.2) is 164 Å². The van der Waals surface area contributed by atoms with E-state index in [-0.39, 0.29) is 0 Å². The second-order valence-electron chi connectivity index (χ2n) is 11.5. The van der Waals surface area contributed by atoms with Gasteiger partial charge >= 0.3 is 0 Å². The minimum atomic E-state index is -0.662. The lowest BCUT2D eigenvalue weighted by Crippen LogP contribution is -2.29. The van der Waals surface area contributed by atoms with Gasteiger partial charge in [-0.1, -0.05) is 133 Å². The molecule has 0 saturated heterocycles. The minimum absolute atomic E-state index is 0.625. The van der Waals surface area contributed by atoms with E-state index >= 15 is 0 Å². The molecule has 2 aromatic heterocycles. The Morgan fingerprint density at radius 2 is 0.891 bits per heavy atom. The van der Waals surface area contributed by atoms with Crippen molar-refractivity contribution in [2.24, 2.45) is 0 Å². The quantitative estimate of drug-likeness (QED) is 0.201. The van der Waals surface area contributed by atoms with Crippen molar-refractivity contribution in [2.75, 3.05) is 0 Å². The highest BCUT2D eigenvalue weighted by atomic mass is 15.1. The van der Waals surface area contributed by atoms with Crippen LogP contribution in [0.2, 0.25) is 0 Å².